The van der Waals surface area contributed by atoms with E-state index < -0.39 is 0 Å². The molecule has 5 nitrogen and oxygen atoms in total. The lowest BCUT2D eigenvalue weighted by atomic mass is 10.1. The Kier molecular flexibility index (Phi) is 4.10. The fourth-order valence-corrected chi connectivity index (χ4v) is 4.04. The van der Waals surface area contributed by atoms with Crippen molar-refractivity contribution < 1.29 is 4.74 Å². The number of hydrogen-bond donors (Lipinski definition) is 0. The smallest absolute Gasteiger partial charge is 0.182 e. The molecule has 3 aromatic heterocycles. The van der Waals surface area contributed by atoms with Gasteiger partial charge in [0.1, 0.15) is 23.5 Å². The predicted molar refractivity (Wildman–Crippen MR) is 110 cm³/mol. The van der Waals surface area contributed by atoms with Crippen molar-refractivity contribution in [3.05, 3.63) is 76.3 Å². The number of aromatic nitrogens is 4. The largest absolute Gasteiger partial charge is 0.488 e. The Labute approximate surface area is 167 Å². The van der Waals surface area contributed by atoms with Gasteiger partial charge < -0.3 is 4.74 Å². The zero-order valence-corrected chi connectivity index (χ0v) is 16.4. The molecule has 0 atom stereocenters. The molecule has 0 saturated carbocycles. The standard InChI is InChI=1S/C20H13BrN4OS/c21-16-6-1-2-7-17(16)26-11-13-4-3-5-14(10-13)18-23-19-15-8-9-27-20(15)22-12-25(19)24-18/h1-10,12H,11H2. The molecule has 0 N–H and O–H groups in total. The summed E-state index contributed by atoms with van der Waals surface area (Å²) in [6.07, 6.45) is 1.71. The van der Waals surface area contributed by atoms with Crippen LogP contribution >= 0.6 is 27.3 Å². The zero-order chi connectivity index (χ0) is 18.2. The van der Waals surface area contributed by atoms with Gasteiger partial charge in [-0.25, -0.2) is 14.5 Å². The van der Waals surface area contributed by atoms with Crippen LogP contribution in [0.15, 0.2) is 70.8 Å². The molecule has 0 radical (unpaired) electrons. The Morgan fingerprint density at radius 1 is 1.07 bits per heavy atom. The predicted octanol–water partition coefficient (Wildman–Crippen LogP) is 5.35. The molecule has 0 amide bonds. The zero-order valence-electron chi connectivity index (χ0n) is 14.0. The highest BCUT2D eigenvalue weighted by atomic mass is 79.9. The lowest BCUT2D eigenvalue weighted by Crippen LogP contribution is -1.96. The molecule has 27 heavy (non-hydrogen) atoms. The fraction of sp³-hybridized carbons (Fsp3) is 0.0500. The number of ether oxygens (including phenoxy) is 1. The Balaban J connectivity index is 1.46. The van der Waals surface area contributed by atoms with Gasteiger partial charge in [0.25, 0.3) is 0 Å². The lowest BCUT2D eigenvalue weighted by molar-refractivity contribution is 0.304. The van der Waals surface area contributed by atoms with Crippen LogP contribution in [0.3, 0.4) is 0 Å². The third-order valence-electron chi connectivity index (χ3n) is 4.22. The molecule has 5 aromatic rings. The number of halogens is 1. The Morgan fingerprint density at radius 2 is 2.00 bits per heavy atom. The van der Waals surface area contributed by atoms with Crippen molar-refractivity contribution in [3.63, 3.8) is 0 Å². The molecular formula is C20H13BrN4OS. The summed E-state index contributed by atoms with van der Waals surface area (Å²) in [7, 11) is 0. The average molecular weight is 437 g/mol. The van der Waals surface area contributed by atoms with Gasteiger partial charge in [0, 0.05) is 5.56 Å². The van der Waals surface area contributed by atoms with E-state index in [4.69, 9.17) is 9.72 Å². The molecule has 2 aromatic carbocycles. The summed E-state index contributed by atoms with van der Waals surface area (Å²) in [5.74, 6) is 1.50. The summed E-state index contributed by atoms with van der Waals surface area (Å²) in [6, 6.07) is 18.0. The fourth-order valence-electron chi connectivity index (χ4n) is 2.91. The van der Waals surface area contributed by atoms with Gasteiger partial charge >= 0.3 is 0 Å². The molecule has 0 fully saturated rings. The molecule has 0 aliphatic carbocycles. The average Bonchev–Trinajstić information content (AvgIpc) is 3.34. The van der Waals surface area contributed by atoms with E-state index >= 15 is 0 Å². The topological polar surface area (TPSA) is 52.3 Å². The highest BCUT2D eigenvalue weighted by Crippen LogP contribution is 2.26. The number of fused-ring (bicyclic) bond motifs is 3. The third kappa shape index (κ3) is 3.09. The lowest BCUT2D eigenvalue weighted by Gasteiger charge is -2.08. The first kappa shape index (κ1) is 16.4. The van der Waals surface area contributed by atoms with Crippen molar-refractivity contribution in [2.75, 3.05) is 0 Å². The van der Waals surface area contributed by atoms with Gasteiger partial charge in [0.05, 0.1) is 9.86 Å². The molecule has 7 heteroatoms. The van der Waals surface area contributed by atoms with Crippen LogP contribution in [0.5, 0.6) is 5.75 Å². The Bertz CT molecular complexity index is 1260. The second kappa shape index (κ2) is 6.75. The van der Waals surface area contributed by atoms with Crippen LogP contribution in [0.4, 0.5) is 0 Å². The maximum absolute atomic E-state index is 5.92. The van der Waals surface area contributed by atoms with Crippen molar-refractivity contribution in [1.29, 1.82) is 0 Å². The number of thiophene rings is 1. The van der Waals surface area contributed by atoms with Crippen LogP contribution in [0.1, 0.15) is 5.56 Å². The number of para-hydroxylation sites is 1. The molecular weight excluding hydrogens is 424 g/mol. The first-order valence-corrected chi connectivity index (χ1v) is 10.0. The minimum absolute atomic E-state index is 0.472. The van der Waals surface area contributed by atoms with Crippen molar-refractivity contribution in [2.45, 2.75) is 6.61 Å². The van der Waals surface area contributed by atoms with Crippen LogP contribution < -0.4 is 4.74 Å². The van der Waals surface area contributed by atoms with Gasteiger partial charge in [-0.05, 0) is 51.1 Å². The Morgan fingerprint density at radius 3 is 2.93 bits per heavy atom. The minimum Gasteiger partial charge on any atom is -0.488 e. The van der Waals surface area contributed by atoms with E-state index in [2.05, 4.69) is 32.1 Å². The van der Waals surface area contributed by atoms with Crippen molar-refractivity contribution in [2.24, 2.45) is 0 Å². The molecule has 0 unspecified atom stereocenters. The van der Waals surface area contributed by atoms with Crippen molar-refractivity contribution >= 4 is 43.1 Å². The quantitative estimate of drug-likeness (QED) is 0.381. The van der Waals surface area contributed by atoms with Gasteiger partial charge in [0.2, 0.25) is 0 Å². The second-order valence-electron chi connectivity index (χ2n) is 6.01. The minimum atomic E-state index is 0.472. The summed E-state index contributed by atoms with van der Waals surface area (Å²) in [5, 5.41) is 7.63. The summed E-state index contributed by atoms with van der Waals surface area (Å²) in [5.41, 5.74) is 2.84. The first-order valence-electron chi connectivity index (χ1n) is 8.33. The van der Waals surface area contributed by atoms with Gasteiger partial charge in [-0.1, -0.05) is 30.3 Å². The maximum Gasteiger partial charge on any atom is 0.182 e. The van der Waals surface area contributed by atoms with E-state index in [1.165, 1.54) is 0 Å². The van der Waals surface area contributed by atoms with Crippen LogP contribution in [-0.4, -0.2) is 19.6 Å². The number of nitrogens with zero attached hydrogens (tertiary/aromatic N) is 4. The highest BCUT2D eigenvalue weighted by molar-refractivity contribution is 9.10. The summed E-state index contributed by atoms with van der Waals surface area (Å²) >= 11 is 5.11. The maximum atomic E-state index is 5.92. The normalized spacial score (nSPS) is 11.3. The van der Waals surface area contributed by atoms with E-state index in [-0.39, 0.29) is 0 Å². The van der Waals surface area contributed by atoms with Crippen LogP contribution in [0.25, 0.3) is 27.3 Å². The SMILES string of the molecule is Brc1ccccc1OCc1cccc(-c2nc3c4ccsc4ncn3n2)c1. The summed E-state index contributed by atoms with van der Waals surface area (Å²) in [4.78, 5) is 10.1. The molecule has 132 valence electrons. The first-order chi connectivity index (χ1) is 13.3. The van der Waals surface area contributed by atoms with Crippen LogP contribution in [-0.2, 0) is 6.61 Å². The molecule has 0 spiro atoms. The van der Waals surface area contributed by atoms with E-state index in [9.17, 15) is 0 Å². The summed E-state index contributed by atoms with van der Waals surface area (Å²) < 4.78 is 8.59. The number of benzene rings is 2. The van der Waals surface area contributed by atoms with Crippen molar-refractivity contribution in [1.82, 2.24) is 19.6 Å². The Hall–Kier alpha value is -2.77. The van der Waals surface area contributed by atoms with E-state index in [1.807, 2.05) is 53.9 Å². The van der Waals surface area contributed by atoms with Crippen LogP contribution in [0, 0.1) is 0 Å². The molecule has 3 heterocycles. The van der Waals surface area contributed by atoms with Crippen molar-refractivity contribution in [3.8, 4) is 17.1 Å². The van der Waals surface area contributed by atoms with Gasteiger partial charge in [-0.3, -0.25) is 0 Å². The molecule has 5 rings (SSSR count). The van der Waals surface area contributed by atoms with Gasteiger partial charge in [0.15, 0.2) is 11.5 Å². The molecule has 0 saturated heterocycles. The third-order valence-corrected chi connectivity index (χ3v) is 5.69. The summed E-state index contributed by atoms with van der Waals surface area (Å²) in [6.45, 7) is 0.472. The van der Waals surface area contributed by atoms with E-state index in [1.54, 1.807) is 22.2 Å². The molecule has 0 bridgehead atoms. The number of hydrogen-bond acceptors (Lipinski definition) is 5. The monoisotopic (exact) mass is 436 g/mol. The molecule has 0 aliphatic rings. The van der Waals surface area contributed by atoms with E-state index in [0.29, 0.717) is 12.4 Å². The second-order valence-corrected chi connectivity index (χ2v) is 7.76. The highest BCUT2D eigenvalue weighted by Gasteiger charge is 2.11. The van der Waals surface area contributed by atoms with Crippen LogP contribution in [0.2, 0.25) is 0 Å². The van der Waals surface area contributed by atoms with E-state index in [0.717, 1.165) is 37.2 Å². The van der Waals surface area contributed by atoms with Gasteiger partial charge in [-0.15, -0.1) is 16.4 Å². The molecule has 0 aliphatic heterocycles. The van der Waals surface area contributed by atoms with Gasteiger partial charge in [-0.2, -0.15) is 0 Å². The number of rotatable bonds is 4.